The average Bonchev–Trinajstić information content (AvgIpc) is 3.18. The quantitative estimate of drug-likeness (QED) is 0.279. The van der Waals surface area contributed by atoms with Crippen LogP contribution in [0, 0.1) is 23.1 Å². The first-order valence-corrected chi connectivity index (χ1v) is 10.00. The van der Waals surface area contributed by atoms with Crippen molar-refractivity contribution in [3.05, 3.63) is 65.5 Å². The molecule has 0 saturated carbocycles. The molecule has 1 saturated heterocycles. The molecule has 3 rings (SSSR count). The number of benzene rings is 2. The zero-order chi connectivity index (χ0) is 19.1. The van der Waals surface area contributed by atoms with Gasteiger partial charge in [-0.2, -0.15) is 5.26 Å². The largest absolute Gasteiger partial charge is 0.352 e. The molecule has 148 valence electrons. The molecule has 2 aromatic rings. The van der Waals surface area contributed by atoms with Gasteiger partial charge in [-0.25, -0.2) is 4.39 Å². The number of rotatable bonds is 5. The van der Waals surface area contributed by atoms with Crippen LogP contribution in [-0.4, -0.2) is 36.7 Å². The SMILES string of the molecule is CN=C(NCc1cc(C#N)ccc1F)N1CCC(CSc2ccccc2)C1.I. The molecule has 7 heteroatoms. The second-order valence-electron chi connectivity index (χ2n) is 6.54. The fourth-order valence-corrected chi connectivity index (χ4v) is 4.23. The monoisotopic (exact) mass is 510 g/mol. The molecule has 0 aromatic heterocycles. The van der Waals surface area contributed by atoms with Crippen LogP contribution in [0.2, 0.25) is 0 Å². The Morgan fingerprint density at radius 3 is 2.82 bits per heavy atom. The summed E-state index contributed by atoms with van der Waals surface area (Å²) < 4.78 is 14.0. The number of hydrogen-bond acceptors (Lipinski definition) is 3. The highest BCUT2D eigenvalue weighted by Gasteiger charge is 2.25. The fraction of sp³-hybridized carbons (Fsp3) is 0.333. The van der Waals surface area contributed by atoms with E-state index in [1.807, 2.05) is 23.9 Å². The predicted molar refractivity (Wildman–Crippen MR) is 124 cm³/mol. The van der Waals surface area contributed by atoms with Crippen LogP contribution in [0.15, 0.2) is 58.4 Å². The Morgan fingerprint density at radius 2 is 2.11 bits per heavy atom. The van der Waals surface area contributed by atoms with E-state index < -0.39 is 0 Å². The minimum absolute atomic E-state index is 0. The summed E-state index contributed by atoms with van der Waals surface area (Å²) in [5.74, 6) is 2.16. The summed E-state index contributed by atoms with van der Waals surface area (Å²) >= 11 is 1.89. The molecule has 1 atom stereocenters. The van der Waals surface area contributed by atoms with Crippen LogP contribution in [0.25, 0.3) is 0 Å². The van der Waals surface area contributed by atoms with Gasteiger partial charge in [-0.15, -0.1) is 35.7 Å². The van der Waals surface area contributed by atoms with Gasteiger partial charge in [-0.1, -0.05) is 18.2 Å². The van der Waals surface area contributed by atoms with Crippen LogP contribution in [0.4, 0.5) is 4.39 Å². The molecule has 1 unspecified atom stereocenters. The van der Waals surface area contributed by atoms with Crippen LogP contribution in [0.1, 0.15) is 17.5 Å². The number of nitrogens with zero attached hydrogens (tertiary/aromatic N) is 3. The third-order valence-electron chi connectivity index (χ3n) is 4.64. The van der Waals surface area contributed by atoms with Gasteiger partial charge in [-0.05, 0) is 42.7 Å². The first kappa shape index (κ1) is 22.5. The van der Waals surface area contributed by atoms with E-state index in [2.05, 4.69) is 39.5 Å². The summed E-state index contributed by atoms with van der Waals surface area (Å²) in [7, 11) is 1.75. The van der Waals surface area contributed by atoms with Crippen molar-refractivity contribution in [3.8, 4) is 6.07 Å². The molecule has 28 heavy (non-hydrogen) atoms. The molecule has 0 aliphatic carbocycles. The lowest BCUT2D eigenvalue weighted by atomic mass is 10.1. The number of thioether (sulfide) groups is 1. The summed E-state index contributed by atoms with van der Waals surface area (Å²) in [4.78, 5) is 7.87. The Bertz CT molecular complexity index is 838. The Kier molecular flexibility index (Phi) is 9.06. The zero-order valence-corrected chi connectivity index (χ0v) is 18.9. The molecule has 0 bridgehead atoms. The number of hydrogen-bond donors (Lipinski definition) is 1. The number of nitriles is 1. The number of likely N-dealkylation sites (tertiary alicyclic amines) is 1. The molecule has 0 spiro atoms. The van der Waals surface area contributed by atoms with Crippen molar-refractivity contribution in [2.75, 3.05) is 25.9 Å². The minimum atomic E-state index is -0.310. The third kappa shape index (κ3) is 6.11. The van der Waals surface area contributed by atoms with Crippen molar-refractivity contribution in [3.63, 3.8) is 0 Å². The van der Waals surface area contributed by atoms with Crippen LogP contribution in [-0.2, 0) is 6.54 Å². The molecule has 4 nitrogen and oxygen atoms in total. The van der Waals surface area contributed by atoms with Gasteiger partial charge in [0.25, 0.3) is 0 Å². The smallest absolute Gasteiger partial charge is 0.193 e. The van der Waals surface area contributed by atoms with Crippen molar-refractivity contribution in [1.82, 2.24) is 10.2 Å². The molecule has 1 fully saturated rings. The molecule has 1 N–H and O–H groups in total. The first-order chi connectivity index (χ1) is 13.2. The van der Waals surface area contributed by atoms with Crippen LogP contribution >= 0.6 is 35.7 Å². The summed E-state index contributed by atoms with van der Waals surface area (Å²) in [6.07, 6.45) is 1.12. The summed E-state index contributed by atoms with van der Waals surface area (Å²) in [6, 6.07) is 16.9. The number of nitrogens with one attached hydrogen (secondary N) is 1. The second kappa shape index (κ2) is 11.3. The molecule has 2 aromatic carbocycles. The third-order valence-corrected chi connectivity index (χ3v) is 5.88. The molecular formula is C21H24FIN4S. The topological polar surface area (TPSA) is 51.4 Å². The highest BCUT2D eigenvalue weighted by molar-refractivity contribution is 14.0. The number of guanidine groups is 1. The maximum Gasteiger partial charge on any atom is 0.193 e. The Balaban J connectivity index is 0.00000280. The van der Waals surface area contributed by atoms with Gasteiger partial charge in [0.1, 0.15) is 5.82 Å². The van der Waals surface area contributed by atoms with Crippen molar-refractivity contribution in [2.45, 2.75) is 17.9 Å². The van der Waals surface area contributed by atoms with Gasteiger partial charge in [-0.3, -0.25) is 4.99 Å². The van der Waals surface area contributed by atoms with E-state index in [9.17, 15) is 4.39 Å². The summed E-state index contributed by atoms with van der Waals surface area (Å²) in [5, 5.41) is 12.2. The van der Waals surface area contributed by atoms with Crippen molar-refractivity contribution in [1.29, 1.82) is 5.26 Å². The Labute approximate surface area is 187 Å². The standard InChI is InChI=1S/C21H23FN4S.HI/c1-24-21(25-13-18-11-16(12-23)7-8-20(18)22)26-10-9-17(14-26)15-27-19-5-3-2-4-6-19;/h2-8,11,17H,9-10,13-15H2,1H3,(H,24,25);1H. The second-order valence-corrected chi connectivity index (χ2v) is 7.64. The normalized spacial score (nSPS) is 16.4. The average molecular weight is 510 g/mol. The van der Waals surface area contributed by atoms with Gasteiger partial charge < -0.3 is 10.2 Å². The van der Waals surface area contributed by atoms with Crippen molar-refractivity contribution >= 4 is 41.7 Å². The van der Waals surface area contributed by atoms with Gasteiger partial charge >= 0.3 is 0 Å². The van der Waals surface area contributed by atoms with Crippen LogP contribution < -0.4 is 5.32 Å². The molecule has 1 aliphatic heterocycles. The van der Waals surface area contributed by atoms with Gasteiger partial charge in [0.2, 0.25) is 0 Å². The van der Waals surface area contributed by atoms with Crippen molar-refractivity contribution in [2.24, 2.45) is 10.9 Å². The lowest BCUT2D eigenvalue weighted by Gasteiger charge is -2.22. The molecular weight excluding hydrogens is 486 g/mol. The Hall–Kier alpha value is -1.79. The molecule has 0 radical (unpaired) electrons. The minimum Gasteiger partial charge on any atom is -0.352 e. The highest BCUT2D eigenvalue weighted by Crippen LogP contribution is 2.25. The van der Waals surface area contributed by atoms with E-state index in [0.29, 0.717) is 23.6 Å². The number of halogens is 2. The summed E-state index contributed by atoms with van der Waals surface area (Å²) in [6.45, 7) is 2.20. The molecule has 0 amide bonds. The predicted octanol–water partition coefficient (Wildman–Crippen LogP) is 4.50. The van der Waals surface area contributed by atoms with E-state index in [4.69, 9.17) is 5.26 Å². The maximum absolute atomic E-state index is 14.0. The maximum atomic E-state index is 14.0. The highest BCUT2D eigenvalue weighted by atomic mass is 127. The lowest BCUT2D eigenvalue weighted by molar-refractivity contribution is 0.473. The lowest BCUT2D eigenvalue weighted by Crippen LogP contribution is -2.39. The van der Waals surface area contributed by atoms with Gasteiger partial charge in [0.15, 0.2) is 5.96 Å². The molecule has 1 heterocycles. The summed E-state index contributed by atoms with van der Waals surface area (Å²) in [5.41, 5.74) is 0.938. The van der Waals surface area contributed by atoms with E-state index in [0.717, 1.165) is 31.2 Å². The van der Waals surface area contributed by atoms with Gasteiger partial charge in [0, 0.05) is 42.9 Å². The van der Waals surface area contributed by atoms with E-state index in [1.165, 1.54) is 17.0 Å². The van der Waals surface area contributed by atoms with Gasteiger partial charge in [0.05, 0.1) is 11.6 Å². The van der Waals surface area contributed by atoms with E-state index >= 15 is 0 Å². The number of aliphatic imine (C=N–C) groups is 1. The van der Waals surface area contributed by atoms with Crippen molar-refractivity contribution < 1.29 is 4.39 Å². The Morgan fingerprint density at radius 1 is 1.32 bits per heavy atom. The van der Waals surface area contributed by atoms with Crippen LogP contribution in [0.5, 0.6) is 0 Å². The first-order valence-electron chi connectivity index (χ1n) is 9.01. The van der Waals surface area contributed by atoms with E-state index in [-0.39, 0.29) is 29.8 Å². The van der Waals surface area contributed by atoms with Crippen LogP contribution in [0.3, 0.4) is 0 Å². The van der Waals surface area contributed by atoms with E-state index in [1.54, 1.807) is 13.1 Å². The fourth-order valence-electron chi connectivity index (χ4n) is 3.18. The molecule has 1 aliphatic rings. The zero-order valence-electron chi connectivity index (χ0n) is 15.8.